The lowest BCUT2D eigenvalue weighted by atomic mass is 10.1. The van der Waals surface area contributed by atoms with E-state index in [1.54, 1.807) is 6.07 Å². The van der Waals surface area contributed by atoms with Crippen LogP contribution < -0.4 is 21.3 Å². The van der Waals surface area contributed by atoms with Crippen LogP contribution >= 0.6 is 0 Å². The van der Waals surface area contributed by atoms with Crippen LogP contribution in [0.1, 0.15) is 37.4 Å². The lowest BCUT2D eigenvalue weighted by molar-refractivity contribution is -0.384. The van der Waals surface area contributed by atoms with E-state index in [-0.39, 0.29) is 34.1 Å². The van der Waals surface area contributed by atoms with Gasteiger partial charge in [-0.1, -0.05) is 6.07 Å². The van der Waals surface area contributed by atoms with E-state index in [1.165, 1.54) is 12.1 Å². The van der Waals surface area contributed by atoms with Crippen LogP contribution in [0.4, 0.5) is 11.5 Å². The predicted octanol–water partition coefficient (Wildman–Crippen LogP) is 2.93. The van der Waals surface area contributed by atoms with Crippen molar-refractivity contribution >= 4 is 23.3 Å². The number of ether oxygens (including phenoxy) is 1. The standard InChI is InChI=1S/C22H18N4O6/c1-10-4-11(2)12(3)17(5-10)32-15-7-13(6-14(8-15)26(30)31)25-18(27)9-16-19(20(25)23)22(29)24-21(16)28/h4-9H,23H2,1-3H3,(H,24,28,29). The van der Waals surface area contributed by atoms with Crippen molar-refractivity contribution in [3.05, 3.63) is 84.7 Å². The minimum Gasteiger partial charge on any atom is -0.457 e. The second-order valence-electron chi connectivity index (χ2n) is 7.52. The molecule has 4 rings (SSSR count). The monoisotopic (exact) mass is 434 g/mol. The van der Waals surface area contributed by atoms with Crippen molar-refractivity contribution in [3.63, 3.8) is 0 Å². The number of imide groups is 1. The highest BCUT2D eigenvalue weighted by atomic mass is 16.6. The molecule has 2 amide bonds. The summed E-state index contributed by atoms with van der Waals surface area (Å²) >= 11 is 0. The largest absolute Gasteiger partial charge is 0.457 e. The molecule has 0 saturated heterocycles. The molecule has 0 spiro atoms. The first-order chi connectivity index (χ1) is 15.1. The lowest BCUT2D eigenvalue weighted by Gasteiger charge is -2.15. The average Bonchev–Trinajstić information content (AvgIpc) is 2.99. The van der Waals surface area contributed by atoms with E-state index in [0.717, 1.165) is 33.4 Å². The van der Waals surface area contributed by atoms with E-state index in [4.69, 9.17) is 10.5 Å². The number of nitrogens with two attached hydrogens (primary N) is 1. The summed E-state index contributed by atoms with van der Waals surface area (Å²) in [5, 5.41) is 13.6. The number of pyridine rings is 1. The molecule has 10 nitrogen and oxygen atoms in total. The summed E-state index contributed by atoms with van der Waals surface area (Å²) in [5.41, 5.74) is 7.50. The molecule has 32 heavy (non-hydrogen) atoms. The first-order valence-corrected chi connectivity index (χ1v) is 9.53. The summed E-state index contributed by atoms with van der Waals surface area (Å²) in [6.07, 6.45) is 0. The summed E-state index contributed by atoms with van der Waals surface area (Å²) < 4.78 is 6.88. The van der Waals surface area contributed by atoms with E-state index in [9.17, 15) is 24.5 Å². The van der Waals surface area contributed by atoms with Gasteiger partial charge in [-0.15, -0.1) is 0 Å². The second-order valence-corrected chi connectivity index (χ2v) is 7.52. The second kappa shape index (κ2) is 7.34. The Bertz CT molecular complexity index is 1410. The Hall–Kier alpha value is -4.47. The number of nitro benzene ring substituents is 1. The van der Waals surface area contributed by atoms with Crippen molar-refractivity contribution in [2.75, 3.05) is 5.73 Å². The van der Waals surface area contributed by atoms with Gasteiger partial charge in [0.2, 0.25) is 0 Å². The zero-order chi connectivity index (χ0) is 23.3. The van der Waals surface area contributed by atoms with Crippen LogP contribution in [-0.4, -0.2) is 21.3 Å². The highest BCUT2D eigenvalue weighted by Crippen LogP contribution is 2.33. The summed E-state index contributed by atoms with van der Waals surface area (Å²) in [6, 6.07) is 8.53. The topological polar surface area (TPSA) is 147 Å². The van der Waals surface area contributed by atoms with Gasteiger partial charge in [-0.3, -0.25) is 34.4 Å². The Balaban J connectivity index is 1.91. The molecule has 0 radical (unpaired) electrons. The number of nitrogen functional groups attached to an aromatic ring is 1. The number of amides is 2. The van der Waals surface area contributed by atoms with Crippen molar-refractivity contribution in [2.45, 2.75) is 20.8 Å². The van der Waals surface area contributed by atoms with E-state index in [2.05, 4.69) is 5.32 Å². The van der Waals surface area contributed by atoms with Gasteiger partial charge in [0.05, 0.1) is 27.8 Å². The molecule has 0 saturated carbocycles. The Morgan fingerprint density at radius 2 is 1.72 bits per heavy atom. The number of anilines is 1. The Morgan fingerprint density at radius 1 is 1.00 bits per heavy atom. The third kappa shape index (κ3) is 3.37. The lowest BCUT2D eigenvalue weighted by Crippen LogP contribution is -2.24. The molecule has 0 fully saturated rings. The van der Waals surface area contributed by atoms with E-state index >= 15 is 0 Å². The summed E-state index contributed by atoms with van der Waals surface area (Å²) in [4.78, 5) is 47.6. The van der Waals surface area contributed by atoms with Crippen LogP contribution in [0.3, 0.4) is 0 Å². The van der Waals surface area contributed by atoms with Gasteiger partial charge in [-0.2, -0.15) is 0 Å². The normalized spacial score (nSPS) is 12.5. The number of carbonyl (C=O) groups is 2. The molecule has 2 heterocycles. The molecule has 0 aliphatic carbocycles. The van der Waals surface area contributed by atoms with Crippen LogP contribution in [0, 0.1) is 30.9 Å². The van der Waals surface area contributed by atoms with Crippen LogP contribution in [0.25, 0.3) is 5.69 Å². The van der Waals surface area contributed by atoms with Crippen molar-refractivity contribution in [3.8, 4) is 17.2 Å². The number of nitro groups is 1. The molecule has 162 valence electrons. The Morgan fingerprint density at radius 3 is 2.41 bits per heavy atom. The highest BCUT2D eigenvalue weighted by molar-refractivity contribution is 6.23. The number of carbonyl (C=O) groups excluding carboxylic acids is 2. The number of benzene rings is 2. The van der Waals surface area contributed by atoms with Crippen molar-refractivity contribution in [2.24, 2.45) is 0 Å². The molecule has 0 unspecified atom stereocenters. The van der Waals surface area contributed by atoms with Gasteiger partial charge in [0, 0.05) is 18.2 Å². The van der Waals surface area contributed by atoms with Gasteiger partial charge in [0.25, 0.3) is 23.1 Å². The smallest absolute Gasteiger partial charge is 0.275 e. The van der Waals surface area contributed by atoms with E-state index in [1.807, 2.05) is 26.8 Å². The molecule has 10 heteroatoms. The average molecular weight is 434 g/mol. The summed E-state index contributed by atoms with van der Waals surface area (Å²) in [6.45, 7) is 5.68. The molecule has 1 aromatic heterocycles. The number of non-ortho nitro benzene ring substituents is 1. The minimum absolute atomic E-state index is 0.0219. The number of hydrogen-bond donors (Lipinski definition) is 2. The molecule has 1 aliphatic rings. The number of aryl methyl sites for hydroxylation is 2. The van der Waals surface area contributed by atoms with Gasteiger partial charge in [0.15, 0.2) is 0 Å². The number of nitrogens with one attached hydrogen (secondary N) is 1. The fourth-order valence-corrected chi connectivity index (χ4v) is 3.64. The molecular formula is C22H18N4O6. The maximum Gasteiger partial charge on any atom is 0.275 e. The number of hydrogen-bond acceptors (Lipinski definition) is 7. The maximum absolute atomic E-state index is 12.7. The Labute approximate surface area is 181 Å². The number of rotatable bonds is 4. The van der Waals surface area contributed by atoms with Gasteiger partial charge in [-0.05, 0) is 43.5 Å². The van der Waals surface area contributed by atoms with Gasteiger partial charge < -0.3 is 10.5 Å². The van der Waals surface area contributed by atoms with Crippen molar-refractivity contribution < 1.29 is 19.2 Å². The van der Waals surface area contributed by atoms with Crippen molar-refractivity contribution in [1.29, 1.82) is 0 Å². The van der Waals surface area contributed by atoms with Gasteiger partial charge >= 0.3 is 0 Å². The van der Waals surface area contributed by atoms with Crippen molar-refractivity contribution in [1.82, 2.24) is 9.88 Å². The van der Waals surface area contributed by atoms with Crippen LogP contribution in [0.5, 0.6) is 11.5 Å². The molecule has 3 aromatic rings. The molecular weight excluding hydrogens is 416 g/mol. The Kier molecular flexibility index (Phi) is 4.77. The van der Waals surface area contributed by atoms with Crippen LogP contribution in [-0.2, 0) is 0 Å². The fourth-order valence-electron chi connectivity index (χ4n) is 3.64. The first kappa shape index (κ1) is 20.8. The number of aromatic nitrogens is 1. The first-order valence-electron chi connectivity index (χ1n) is 9.53. The van der Waals surface area contributed by atoms with E-state index in [0.29, 0.717) is 5.75 Å². The summed E-state index contributed by atoms with van der Waals surface area (Å²) in [7, 11) is 0. The fraction of sp³-hybridized carbons (Fsp3) is 0.136. The molecule has 1 aliphatic heterocycles. The highest BCUT2D eigenvalue weighted by Gasteiger charge is 2.32. The van der Waals surface area contributed by atoms with Crippen LogP contribution in [0.2, 0.25) is 0 Å². The molecule has 2 aromatic carbocycles. The summed E-state index contributed by atoms with van der Waals surface area (Å²) in [5.74, 6) is -1.16. The quantitative estimate of drug-likeness (QED) is 0.364. The zero-order valence-corrected chi connectivity index (χ0v) is 17.4. The van der Waals surface area contributed by atoms with Gasteiger partial charge in [0.1, 0.15) is 17.3 Å². The SMILES string of the molecule is Cc1cc(C)c(C)c(Oc2cc(-n3c(N)c4c(cc3=O)C(=O)NC4=O)cc([N+](=O)[O-])c2)c1. The molecule has 0 bridgehead atoms. The van der Waals surface area contributed by atoms with E-state index < -0.39 is 22.3 Å². The van der Waals surface area contributed by atoms with Crippen LogP contribution in [0.15, 0.2) is 41.2 Å². The van der Waals surface area contributed by atoms with Gasteiger partial charge in [-0.25, -0.2) is 0 Å². The zero-order valence-electron chi connectivity index (χ0n) is 17.4. The third-order valence-electron chi connectivity index (χ3n) is 5.29. The molecule has 3 N–H and O–H groups in total. The number of nitrogens with zero attached hydrogens (tertiary/aromatic N) is 2. The predicted molar refractivity (Wildman–Crippen MR) is 116 cm³/mol. The maximum atomic E-state index is 12.7. The number of fused-ring (bicyclic) bond motifs is 1. The molecule has 0 atom stereocenters. The third-order valence-corrected chi connectivity index (χ3v) is 5.29. The minimum atomic E-state index is -0.746.